The van der Waals surface area contributed by atoms with Crippen molar-refractivity contribution in [2.45, 2.75) is 46.5 Å². The number of rotatable bonds is 5. The summed E-state index contributed by atoms with van der Waals surface area (Å²) in [6.45, 7) is 6.88. The van der Waals surface area contributed by atoms with E-state index < -0.39 is 0 Å². The van der Waals surface area contributed by atoms with Gasteiger partial charge in [-0.1, -0.05) is 27.2 Å². The van der Waals surface area contributed by atoms with Gasteiger partial charge in [0.2, 0.25) is 0 Å². The normalized spacial score (nSPS) is 11.9. The molecule has 1 aromatic heterocycles. The summed E-state index contributed by atoms with van der Waals surface area (Å²) in [5.74, 6) is 0. The molecule has 2 nitrogen and oxygen atoms in total. The molecular weight excluding hydrogens is 162 g/mol. The smallest absolute Gasteiger partial charge is 0.180 e. The third kappa shape index (κ3) is 3.62. The van der Waals surface area contributed by atoms with Gasteiger partial charge in [-0.2, -0.15) is 0 Å². The van der Waals surface area contributed by atoms with E-state index >= 15 is 0 Å². The van der Waals surface area contributed by atoms with Crippen molar-refractivity contribution in [3.63, 3.8) is 0 Å². The maximum atomic E-state index is 4.91. The molecule has 1 rings (SSSR count). The summed E-state index contributed by atoms with van der Waals surface area (Å²) >= 11 is 0. The number of oxazole rings is 1. The van der Waals surface area contributed by atoms with Crippen LogP contribution in [0, 0.1) is 5.41 Å². The summed E-state index contributed by atoms with van der Waals surface area (Å²) in [7, 11) is 0. The van der Waals surface area contributed by atoms with Crippen molar-refractivity contribution in [1.82, 2.24) is 4.98 Å². The van der Waals surface area contributed by atoms with Crippen LogP contribution in [0.5, 0.6) is 0 Å². The zero-order chi connectivity index (χ0) is 9.73. The highest BCUT2D eigenvalue weighted by molar-refractivity contribution is 4.90. The Balaban J connectivity index is 2.21. The van der Waals surface area contributed by atoms with Gasteiger partial charge in [-0.05, 0) is 24.7 Å². The lowest BCUT2D eigenvalue weighted by atomic mass is 9.84. The average molecular weight is 181 g/mol. The Morgan fingerprint density at radius 2 is 2.23 bits per heavy atom. The molecule has 2 heteroatoms. The van der Waals surface area contributed by atoms with Crippen molar-refractivity contribution < 1.29 is 4.42 Å². The van der Waals surface area contributed by atoms with Gasteiger partial charge in [-0.3, -0.25) is 0 Å². The maximum Gasteiger partial charge on any atom is 0.180 e. The first-order valence-corrected chi connectivity index (χ1v) is 5.01. The van der Waals surface area contributed by atoms with Crippen LogP contribution >= 0.6 is 0 Å². The quantitative estimate of drug-likeness (QED) is 0.695. The maximum absolute atomic E-state index is 4.91. The largest absolute Gasteiger partial charge is 0.451 e. The van der Waals surface area contributed by atoms with E-state index in [1.165, 1.54) is 25.7 Å². The minimum absolute atomic E-state index is 0.476. The van der Waals surface area contributed by atoms with E-state index in [9.17, 15) is 0 Å². The Hall–Kier alpha value is -0.790. The van der Waals surface area contributed by atoms with Crippen molar-refractivity contribution in [2.75, 3.05) is 0 Å². The molecule has 0 spiro atoms. The monoisotopic (exact) mass is 181 g/mol. The third-order valence-corrected chi connectivity index (χ3v) is 2.73. The van der Waals surface area contributed by atoms with Crippen LogP contribution in [-0.2, 0) is 6.42 Å². The van der Waals surface area contributed by atoms with Gasteiger partial charge >= 0.3 is 0 Å². The van der Waals surface area contributed by atoms with Crippen LogP contribution in [-0.4, -0.2) is 4.98 Å². The predicted octanol–water partition coefficient (Wildman–Crippen LogP) is 3.43. The molecule has 0 bridgehead atoms. The molecule has 0 unspecified atom stereocenters. The van der Waals surface area contributed by atoms with E-state index in [1.807, 2.05) is 0 Å². The number of nitrogens with zero attached hydrogens (tertiary/aromatic N) is 1. The number of hydrogen-bond donors (Lipinski definition) is 0. The van der Waals surface area contributed by atoms with Gasteiger partial charge in [0.1, 0.15) is 6.26 Å². The van der Waals surface area contributed by atoms with Crippen LogP contribution in [0.15, 0.2) is 17.1 Å². The number of aryl methyl sites for hydroxylation is 1. The first-order valence-electron chi connectivity index (χ1n) is 5.01. The molecule has 0 aromatic carbocycles. The van der Waals surface area contributed by atoms with Crippen molar-refractivity contribution in [2.24, 2.45) is 5.41 Å². The summed E-state index contributed by atoms with van der Waals surface area (Å²) in [5.41, 5.74) is 1.55. The number of hydrogen-bond acceptors (Lipinski definition) is 2. The number of aromatic nitrogens is 1. The van der Waals surface area contributed by atoms with Crippen LogP contribution in [0.3, 0.4) is 0 Å². The van der Waals surface area contributed by atoms with Crippen LogP contribution in [0.25, 0.3) is 0 Å². The van der Waals surface area contributed by atoms with Crippen molar-refractivity contribution >= 4 is 0 Å². The van der Waals surface area contributed by atoms with E-state index in [0.717, 1.165) is 12.1 Å². The molecule has 0 aliphatic heterocycles. The second-order valence-electron chi connectivity index (χ2n) is 4.35. The zero-order valence-electron chi connectivity index (χ0n) is 8.84. The molecule has 1 aromatic rings. The summed E-state index contributed by atoms with van der Waals surface area (Å²) in [4.78, 5) is 4.09. The summed E-state index contributed by atoms with van der Waals surface area (Å²) in [6, 6.07) is 0. The second kappa shape index (κ2) is 4.45. The SMILES string of the molecule is CCC(C)(C)CCCc1cocn1. The minimum atomic E-state index is 0.476. The standard InChI is InChI=1S/C11H19NO/c1-4-11(2,3)7-5-6-10-8-13-9-12-10/h8-9H,4-7H2,1-3H3. The summed E-state index contributed by atoms with van der Waals surface area (Å²) < 4.78 is 4.91. The van der Waals surface area contributed by atoms with Crippen LogP contribution in [0.1, 0.15) is 45.7 Å². The zero-order valence-corrected chi connectivity index (χ0v) is 8.84. The summed E-state index contributed by atoms with van der Waals surface area (Å²) in [6.07, 6.45) is 7.98. The highest BCUT2D eigenvalue weighted by Crippen LogP contribution is 2.26. The van der Waals surface area contributed by atoms with E-state index in [2.05, 4.69) is 25.8 Å². The Bertz CT molecular complexity index is 226. The first-order chi connectivity index (χ1) is 6.14. The molecule has 13 heavy (non-hydrogen) atoms. The molecule has 1 heterocycles. The Labute approximate surface area is 80.4 Å². The van der Waals surface area contributed by atoms with Gasteiger partial charge in [-0.15, -0.1) is 0 Å². The van der Waals surface area contributed by atoms with E-state index in [1.54, 1.807) is 6.26 Å². The van der Waals surface area contributed by atoms with Gasteiger partial charge < -0.3 is 4.42 Å². The van der Waals surface area contributed by atoms with E-state index in [4.69, 9.17) is 4.42 Å². The molecule has 0 radical (unpaired) electrons. The van der Waals surface area contributed by atoms with Gasteiger partial charge in [0, 0.05) is 0 Å². The molecule has 0 saturated carbocycles. The minimum Gasteiger partial charge on any atom is -0.451 e. The Morgan fingerprint density at radius 1 is 1.46 bits per heavy atom. The van der Waals surface area contributed by atoms with Crippen LogP contribution in [0.2, 0.25) is 0 Å². The van der Waals surface area contributed by atoms with E-state index in [-0.39, 0.29) is 0 Å². The first kappa shape index (κ1) is 10.3. The summed E-state index contributed by atoms with van der Waals surface area (Å²) in [5, 5.41) is 0. The third-order valence-electron chi connectivity index (χ3n) is 2.73. The molecule has 74 valence electrons. The highest BCUT2D eigenvalue weighted by atomic mass is 16.3. The van der Waals surface area contributed by atoms with Gasteiger partial charge in [0.05, 0.1) is 5.69 Å². The Morgan fingerprint density at radius 3 is 2.77 bits per heavy atom. The fourth-order valence-electron chi connectivity index (χ4n) is 1.29. The van der Waals surface area contributed by atoms with E-state index in [0.29, 0.717) is 5.41 Å². The lowest BCUT2D eigenvalue weighted by molar-refractivity contribution is 0.312. The highest BCUT2D eigenvalue weighted by Gasteiger charge is 2.14. The molecule has 0 aliphatic rings. The van der Waals surface area contributed by atoms with Crippen LogP contribution < -0.4 is 0 Å². The lowest BCUT2D eigenvalue weighted by Crippen LogP contribution is -2.09. The fourth-order valence-corrected chi connectivity index (χ4v) is 1.29. The molecule has 0 atom stereocenters. The predicted molar refractivity (Wildman–Crippen MR) is 53.5 cm³/mol. The molecule has 0 amide bonds. The lowest BCUT2D eigenvalue weighted by Gasteiger charge is -2.21. The Kier molecular flexibility index (Phi) is 3.52. The molecule has 0 aliphatic carbocycles. The molecular formula is C11H19NO. The van der Waals surface area contributed by atoms with Gasteiger partial charge in [0.25, 0.3) is 0 Å². The molecule has 0 fully saturated rings. The van der Waals surface area contributed by atoms with Crippen molar-refractivity contribution in [1.29, 1.82) is 0 Å². The average Bonchev–Trinajstić information content (AvgIpc) is 2.57. The van der Waals surface area contributed by atoms with Crippen molar-refractivity contribution in [3.8, 4) is 0 Å². The fraction of sp³-hybridized carbons (Fsp3) is 0.727. The van der Waals surface area contributed by atoms with Crippen LogP contribution in [0.4, 0.5) is 0 Å². The topological polar surface area (TPSA) is 26.0 Å². The molecule has 0 N–H and O–H groups in total. The van der Waals surface area contributed by atoms with Gasteiger partial charge in [-0.25, -0.2) is 4.98 Å². The second-order valence-corrected chi connectivity index (χ2v) is 4.35. The molecule has 0 saturated heterocycles. The van der Waals surface area contributed by atoms with Gasteiger partial charge in [0.15, 0.2) is 6.39 Å². The van der Waals surface area contributed by atoms with Crippen molar-refractivity contribution in [3.05, 3.63) is 18.4 Å².